The van der Waals surface area contributed by atoms with Crippen LogP contribution in [0.4, 0.5) is 5.69 Å². The Labute approximate surface area is 132 Å². The highest BCUT2D eigenvalue weighted by molar-refractivity contribution is 6.39. The first kappa shape index (κ1) is 15.0. The average molecular weight is 315 g/mol. The van der Waals surface area contributed by atoms with Gasteiger partial charge in [-0.15, -0.1) is 0 Å². The molecule has 0 saturated carbocycles. The molecule has 0 radical (unpaired) electrons. The Morgan fingerprint density at radius 2 is 1.96 bits per heavy atom. The van der Waals surface area contributed by atoms with Crippen molar-refractivity contribution in [2.24, 2.45) is 0 Å². The van der Waals surface area contributed by atoms with Gasteiger partial charge in [-0.25, -0.2) is 0 Å². The number of rotatable bonds is 3. The summed E-state index contributed by atoms with van der Waals surface area (Å²) in [6.45, 7) is 1.27. The molecule has 1 aromatic carbocycles. The summed E-state index contributed by atoms with van der Waals surface area (Å²) in [5, 5.41) is 12.4. The molecule has 8 nitrogen and oxygen atoms in total. The van der Waals surface area contributed by atoms with Gasteiger partial charge in [0.1, 0.15) is 0 Å². The van der Waals surface area contributed by atoms with Crippen LogP contribution in [0.25, 0.3) is 10.9 Å². The van der Waals surface area contributed by atoms with Gasteiger partial charge in [-0.2, -0.15) is 5.10 Å². The number of carbonyl (C=O) groups is 3. The van der Waals surface area contributed by atoms with Crippen LogP contribution in [0.5, 0.6) is 0 Å². The Morgan fingerprint density at radius 3 is 2.74 bits per heavy atom. The fraction of sp³-hybridized carbons (Fsp3) is 0.333. The summed E-state index contributed by atoms with van der Waals surface area (Å²) in [7, 11) is 0. The van der Waals surface area contributed by atoms with Crippen molar-refractivity contribution in [1.82, 2.24) is 20.4 Å². The molecule has 2 heterocycles. The lowest BCUT2D eigenvalue weighted by atomic mass is 10.2. The van der Waals surface area contributed by atoms with Crippen molar-refractivity contribution in [2.75, 3.05) is 25.0 Å². The maximum absolute atomic E-state index is 11.8. The highest BCUT2D eigenvalue weighted by Gasteiger charge is 2.20. The minimum Gasteiger partial charge on any atom is -0.341 e. The molecule has 3 N–H and O–H groups in total. The van der Waals surface area contributed by atoms with E-state index in [-0.39, 0.29) is 12.5 Å². The molecule has 0 bridgehead atoms. The van der Waals surface area contributed by atoms with Crippen LogP contribution >= 0.6 is 0 Å². The largest absolute Gasteiger partial charge is 0.341 e. The Kier molecular flexibility index (Phi) is 4.22. The van der Waals surface area contributed by atoms with E-state index in [1.807, 2.05) is 0 Å². The summed E-state index contributed by atoms with van der Waals surface area (Å²) in [6.07, 6.45) is 3.59. The number of H-pyrrole nitrogens is 1. The number of nitrogens with one attached hydrogen (secondary N) is 3. The lowest BCUT2D eigenvalue weighted by molar-refractivity contribution is -0.138. The van der Waals surface area contributed by atoms with E-state index in [0.717, 1.165) is 23.7 Å². The van der Waals surface area contributed by atoms with Gasteiger partial charge in [0.25, 0.3) is 0 Å². The minimum atomic E-state index is -0.829. The number of hydrogen-bond acceptors (Lipinski definition) is 4. The Morgan fingerprint density at radius 1 is 1.17 bits per heavy atom. The van der Waals surface area contributed by atoms with Crippen molar-refractivity contribution in [1.29, 1.82) is 0 Å². The number of amides is 3. The smallest absolute Gasteiger partial charge is 0.313 e. The number of nitrogens with zero attached hydrogens (tertiary/aromatic N) is 2. The molecule has 3 amide bonds. The van der Waals surface area contributed by atoms with E-state index >= 15 is 0 Å². The number of aromatic nitrogens is 2. The van der Waals surface area contributed by atoms with E-state index < -0.39 is 11.8 Å². The molecule has 0 aliphatic carbocycles. The van der Waals surface area contributed by atoms with E-state index in [9.17, 15) is 14.4 Å². The summed E-state index contributed by atoms with van der Waals surface area (Å²) in [5.74, 6) is -1.80. The summed E-state index contributed by atoms with van der Waals surface area (Å²) in [5.41, 5.74) is 1.33. The molecule has 23 heavy (non-hydrogen) atoms. The van der Waals surface area contributed by atoms with E-state index in [1.165, 1.54) is 0 Å². The molecule has 0 spiro atoms. The molecule has 0 unspecified atom stereocenters. The van der Waals surface area contributed by atoms with Crippen LogP contribution in [0, 0.1) is 0 Å². The van der Waals surface area contributed by atoms with Crippen molar-refractivity contribution in [2.45, 2.75) is 12.8 Å². The second-order valence-electron chi connectivity index (χ2n) is 5.40. The number of fused-ring (bicyclic) bond motifs is 1. The summed E-state index contributed by atoms with van der Waals surface area (Å²) < 4.78 is 0. The quantitative estimate of drug-likeness (QED) is 0.705. The number of hydrogen-bond donors (Lipinski definition) is 3. The van der Waals surface area contributed by atoms with E-state index in [0.29, 0.717) is 18.8 Å². The van der Waals surface area contributed by atoms with Gasteiger partial charge in [-0.1, -0.05) is 0 Å². The highest BCUT2D eigenvalue weighted by atomic mass is 16.2. The SMILES string of the molecule is O=C(NCC(=O)N1CCCC1)C(=O)Nc1ccc2[nH]ncc2c1. The normalized spacial score (nSPS) is 14.0. The van der Waals surface area contributed by atoms with Gasteiger partial charge >= 0.3 is 11.8 Å². The predicted molar refractivity (Wildman–Crippen MR) is 83.5 cm³/mol. The van der Waals surface area contributed by atoms with Gasteiger partial charge < -0.3 is 15.5 Å². The maximum Gasteiger partial charge on any atom is 0.313 e. The van der Waals surface area contributed by atoms with Crippen LogP contribution in [0.15, 0.2) is 24.4 Å². The van der Waals surface area contributed by atoms with Crippen LogP contribution in [0.2, 0.25) is 0 Å². The molecule has 2 aromatic rings. The Hall–Kier alpha value is -2.90. The summed E-state index contributed by atoms with van der Waals surface area (Å²) in [4.78, 5) is 37.1. The lowest BCUT2D eigenvalue weighted by Crippen LogP contribution is -2.42. The zero-order valence-electron chi connectivity index (χ0n) is 12.5. The summed E-state index contributed by atoms with van der Waals surface area (Å²) >= 11 is 0. The number of anilines is 1. The third-order valence-corrected chi connectivity index (χ3v) is 3.76. The number of likely N-dealkylation sites (tertiary alicyclic amines) is 1. The van der Waals surface area contributed by atoms with Gasteiger partial charge in [0.05, 0.1) is 18.3 Å². The second kappa shape index (κ2) is 6.47. The maximum atomic E-state index is 11.8. The molecule has 8 heteroatoms. The molecule has 1 aliphatic heterocycles. The van der Waals surface area contributed by atoms with Crippen molar-refractivity contribution in [3.63, 3.8) is 0 Å². The van der Waals surface area contributed by atoms with Crippen molar-refractivity contribution in [3.05, 3.63) is 24.4 Å². The zero-order chi connectivity index (χ0) is 16.2. The molecule has 1 fully saturated rings. The molecule has 1 saturated heterocycles. The number of carbonyl (C=O) groups excluding carboxylic acids is 3. The van der Waals surface area contributed by atoms with Crippen LogP contribution in [-0.4, -0.2) is 52.5 Å². The first-order chi connectivity index (χ1) is 11.1. The minimum absolute atomic E-state index is 0.160. The lowest BCUT2D eigenvalue weighted by Gasteiger charge is -2.15. The van der Waals surface area contributed by atoms with Gasteiger partial charge in [0.15, 0.2) is 0 Å². The molecular formula is C15H17N5O3. The first-order valence-corrected chi connectivity index (χ1v) is 7.43. The third-order valence-electron chi connectivity index (χ3n) is 3.76. The zero-order valence-corrected chi connectivity index (χ0v) is 12.5. The third kappa shape index (κ3) is 3.47. The Bertz CT molecular complexity index is 748. The van der Waals surface area contributed by atoms with Crippen LogP contribution in [0.3, 0.4) is 0 Å². The van der Waals surface area contributed by atoms with Crippen molar-refractivity contribution < 1.29 is 14.4 Å². The molecular weight excluding hydrogens is 298 g/mol. The average Bonchev–Trinajstić information content (AvgIpc) is 3.22. The fourth-order valence-corrected chi connectivity index (χ4v) is 2.52. The van der Waals surface area contributed by atoms with E-state index in [2.05, 4.69) is 20.8 Å². The predicted octanol–water partition coefficient (Wildman–Crippen LogP) is 0.240. The number of benzene rings is 1. The van der Waals surface area contributed by atoms with E-state index in [4.69, 9.17) is 0 Å². The van der Waals surface area contributed by atoms with E-state index in [1.54, 1.807) is 29.3 Å². The second-order valence-corrected chi connectivity index (χ2v) is 5.40. The first-order valence-electron chi connectivity index (χ1n) is 7.43. The molecule has 3 rings (SSSR count). The fourth-order valence-electron chi connectivity index (χ4n) is 2.52. The van der Waals surface area contributed by atoms with Gasteiger partial charge in [-0.3, -0.25) is 19.5 Å². The number of aromatic amines is 1. The van der Waals surface area contributed by atoms with Crippen molar-refractivity contribution >= 4 is 34.3 Å². The monoisotopic (exact) mass is 315 g/mol. The topological polar surface area (TPSA) is 107 Å². The van der Waals surface area contributed by atoms with Gasteiger partial charge in [0, 0.05) is 24.2 Å². The molecule has 0 atom stereocenters. The summed E-state index contributed by atoms with van der Waals surface area (Å²) in [6, 6.07) is 5.13. The molecule has 120 valence electrons. The van der Waals surface area contributed by atoms with Gasteiger partial charge in [-0.05, 0) is 31.0 Å². The van der Waals surface area contributed by atoms with Crippen LogP contribution in [0.1, 0.15) is 12.8 Å². The standard InChI is InChI=1S/C15H17N5O3/c21-13(20-5-1-2-6-20)9-16-14(22)15(23)18-11-3-4-12-10(7-11)8-17-19-12/h3-4,7-8H,1-2,5-6,9H2,(H,16,22)(H,17,19)(H,18,23). The van der Waals surface area contributed by atoms with Crippen molar-refractivity contribution in [3.8, 4) is 0 Å². The van der Waals surface area contributed by atoms with Gasteiger partial charge in [0.2, 0.25) is 5.91 Å². The molecule has 1 aliphatic rings. The van der Waals surface area contributed by atoms with Crippen LogP contribution in [-0.2, 0) is 14.4 Å². The Balaban J connectivity index is 1.52. The van der Waals surface area contributed by atoms with Crippen LogP contribution < -0.4 is 10.6 Å². The highest BCUT2D eigenvalue weighted by Crippen LogP contribution is 2.16. The molecule has 1 aromatic heterocycles.